The Bertz CT molecular complexity index is 782. The van der Waals surface area contributed by atoms with Crippen LogP contribution in [0.3, 0.4) is 0 Å². The topological polar surface area (TPSA) is 32.3 Å². The van der Waals surface area contributed by atoms with Gasteiger partial charge < -0.3 is 5.32 Å². The number of likely N-dealkylation sites (tertiary alicyclic amines) is 1. The normalized spacial score (nSPS) is 16.0. The number of hydrogen-bond donors (Lipinski definition) is 1. The number of anilines is 1. The smallest absolute Gasteiger partial charge is 0.248 e. The van der Waals surface area contributed by atoms with E-state index in [0.29, 0.717) is 5.92 Å². The second-order valence-corrected chi connectivity index (χ2v) is 8.30. The molecule has 3 rings (SSSR count). The van der Waals surface area contributed by atoms with Crippen LogP contribution in [-0.4, -0.2) is 23.9 Å². The maximum atomic E-state index is 12.2. The molecule has 0 aromatic heterocycles. The third-order valence-corrected chi connectivity index (χ3v) is 5.53. The van der Waals surface area contributed by atoms with Crippen molar-refractivity contribution < 1.29 is 4.79 Å². The minimum Gasteiger partial charge on any atom is -0.323 e. The summed E-state index contributed by atoms with van der Waals surface area (Å²) >= 11 is 0. The van der Waals surface area contributed by atoms with E-state index in [2.05, 4.69) is 67.4 Å². The molecule has 1 fully saturated rings. The highest BCUT2D eigenvalue weighted by molar-refractivity contribution is 6.01. The first-order valence-electron chi connectivity index (χ1n) is 10.4. The van der Waals surface area contributed by atoms with Crippen molar-refractivity contribution in [2.75, 3.05) is 18.4 Å². The molecule has 2 aromatic carbocycles. The van der Waals surface area contributed by atoms with Gasteiger partial charge in [-0.2, -0.15) is 0 Å². The molecule has 1 aliphatic rings. The lowest BCUT2D eigenvalue weighted by Crippen LogP contribution is -2.32. The fourth-order valence-corrected chi connectivity index (χ4v) is 3.52. The van der Waals surface area contributed by atoms with Gasteiger partial charge in [0.15, 0.2) is 0 Å². The molecule has 28 heavy (non-hydrogen) atoms. The Morgan fingerprint density at radius 3 is 2.32 bits per heavy atom. The zero-order valence-corrected chi connectivity index (χ0v) is 17.3. The van der Waals surface area contributed by atoms with E-state index < -0.39 is 0 Å². The van der Waals surface area contributed by atoms with Gasteiger partial charge in [-0.05, 0) is 72.7 Å². The molecule has 0 radical (unpaired) electrons. The van der Waals surface area contributed by atoms with Crippen LogP contribution in [0.2, 0.25) is 0 Å². The molecule has 0 bridgehead atoms. The summed E-state index contributed by atoms with van der Waals surface area (Å²) in [6.07, 6.45) is 6.03. The van der Waals surface area contributed by atoms with E-state index in [9.17, 15) is 4.79 Å². The number of piperidine rings is 1. The fraction of sp³-hybridized carbons (Fsp3) is 0.400. The summed E-state index contributed by atoms with van der Waals surface area (Å²) in [5.74, 6) is 1.27. The average molecular weight is 377 g/mol. The number of rotatable bonds is 6. The number of amides is 1. The molecule has 1 heterocycles. The summed E-state index contributed by atoms with van der Waals surface area (Å²) in [4.78, 5) is 14.7. The molecule has 0 aliphatic carbocycles. The first kappa shape index (κ1) is 20.3. The van der Waals surface area contributed by atoms with Gasteiger partial charge in [0, 0.05) is 18.3 Å². The summed E-state index contributed by atoms with van der Waals surface area (Å²) in [5, 5.41) is 2.94. The van der Waals surface area contributed by atoms with Gasteiger partial charge in [0.1, 0.15) is 0 Å². The highest BCUT2D eigenvalue weighted by Crippen LogP contribution is 2.19. The van der Waals surface area contributed by atoms with E-state index >= 15 is 0 Å². The number of nitrogens with zero attached hydrogens (tertiary/aromatic N) is 1. The second kappa shape index (κ2) is 9.70. The van der Waals surface area contributed by atoms with Crippen molar-refractivity contribution in [3.05, 3.63) is 71.3 Å². The number of carbonyl (C=O) groups is 1. The third kappa shape index (κ3) is 6.07. The van der Waals surface area contributed by atoms with Crippen molar-refractivity contribution in [1.82, 2.24) is 4.90 Å². The molecule has 1 aliphatic heterocycles. The first-order chi connectivity index (χ1) is 13.5. The molecule has 1 saturated heterocycles. The molecule has 2 aromatic rings. The Labute approximate surface area is 169 Å². The van der Waals surface area contributed by atoms with E-state index in [1.54, 1.807) is 6.08 Å². The van der Waals surface area contributed by atoms with Crippen molar-refractivity contribution in [3.8, 4) is 0 Å². The van der Waals surface area contributed by atoms with Gasteiger partial charge >= 0.3 is 0 Å². The summed E-state index contributed by atoms with van der Waals surface area (Å²) in [6, 6.07) is 16.5. The molecule has 0 saturated carbocycles. The van der Waals surface area contributed by atoms with Crippen LogP contribution in [0.15, 0.2) is 54.6 Å². The first-order valence-corrected chi connectivity index (χ1v) is 10.4. The number of hydrogen-bond acceptors (Lipinski definition) is 2. The number of carbonyl (C=O) groups excluding carboxylic acids is 1. The predicted octanol–water partition coefficient (Wildman–Crippen LogP) is 5.69. The molecular formula is C25H32N2O. The predicted molar refractivity (Wildman–Crippen MR) is 118 cm³/mol. The van der Waals surface area contributed by atoms with Gasteiger partial charge in [-0.1, -0.05) is 57.2 Å². The molecular weight excluding hydrogens is 344 g/mol. The highest BCUT2D eigenvalue weighted by Gasteiger charge is 2.15. The van der Waals surface area contributed by atoms with E-state index in [1.165, 1.54) is 37.1 Å². The third-order valence-electron chi connectivity index (χ3n) is 5.53. The molecule has 0 atom stereocenters. The summed E-state index contributed by atoms with van der Waals surface area (Å²) in [5.41, 5.74) is 4.47. The minimum atomic E-state index is -0.106. The van der Waals surface area contributed by atoms with Crippen molar-refractivity contribution in [2.24, 2.45) is 5.92 Å². The van der Waals surface area contributed by atoms with Crippen LogP contribution < -0.4 is 5.32 Å². The van der Waals surface area contributed by atoms with Crippen LogP contribution in [0.25, 0.3) is 6.08 Å². The number of nitrogens with one attached hydrogen (secondary N) is 1. The molecule has 3 heteroatoms. The second-order valence-electron chi connectivity index (χ2n) is 8.30. The van der Waals surface area contributed by atoms with Crippen molar-refractivity contribution in [2.45, 2.75) is 46.1 Å². The van der Waals surface area contributed by atoms with Gasteiger partial charge in [0.05, 0.1) is 0 Å². The van der Waals surface area contributed by atoms with Crippen LogP contribution in [0.4, 0.5) is 5.69 Å². The van der Waals surface area contributed by atoms with Crippen LogP contribution in [0, 0.1) is 5.92 Å². The maximum Gasteiger partial charge on any atom is 0.248 e. The maximum absolute atomic E-state index is 12.2. The van der Waals surface area contributed by atoms with Gasteiger partial charge in [0.25, 0.3) is 0 Å². The molecule has 1 amide bonds. The Hall–Kier alpha value is -2.39. The Morgan fingerprint density at radius 2 is 1.71 bits per heavy atom. The van der Waals surface area contributed by atoms with E-state index in [4.69, 9.17) is 0 Å². The lowest BCUT2D eigenvalue weighted by atomic mass is 9.99. The van der Waals surface area contributed by atoms with Gasteiger partial charge in [-0.3, -0.25) is 9.69 Å². The van der Waals surface area contributed by atoms with Crippen LogP contribution in [0.1, 0.15) is 56.2 Å². The standard InChI is InChI=1S/C25H32N2O/c1-19(2)23-9-4-21(5-10-23)8-13-25(28)26-24-11-6-22(7-12-24)18-27-16-14-20(3)15-17-27/h4-13,19-20H,14-18H2,1-3H3,(H,26,28)/b13-8+. The summed E-state index contributed by atoms with van der Waals surface area (Å²) in [6.45, 7) is 10.1. The molecule has 3 nitrogen and oxygen atoms in total. The lowest BCUT2D eigenvalue weighted by Gasteiger charge is -2.30. The van der Waals surface area contributed by atoms with Crippen molar-refractivity contribution in [1.29, 1.82) is 0 Å². The molecule has 0 unspecified atom stereocenters. The Kier molecular flexibility index (Phi) is 7.05. The van der Waals surface area contributed by atoms with Crippen LogP contribution in [0.5, 0.6) is 0 Å². The number of benzene rings is 2. The van der Waals surface area contributed by atoms with Crippen LogP contribution >= 0.6 is 0 Å². The lowest BCUT2D eigenvalue weighted by molar-refractivity contribution is -0.111. The fourth-order valence-electron chi connectivity index (χ4n) is 3.52. The average Bonchev–Trinajstić information content (AvgIpc) is 2.70. The monoisotopic (exact) mass is 376 g/mol. The van der Waals surface area contributed by atoms with Crippen molar-refractivity contribution in [3.63, 3.8) is 0 Å². The zero-order chi connectivity index (χ0) is 19.9. The van der Waals surface area contributed by atoms with Crippen molar-refractivity contribution >= 4 is 17.7 Å². The van der Waals surface area contributed by atoms with E-state index in [1.807, 2.05) is 18.2 Å². The quantitative estimate of drug-likeness (QED) is 0.657. The molecule has 0 spiro atoms. The van der Waals surface area contributed by atoms with Gasteiger partial charge in [0.2, 0.25) is 5.91 Å². The summed E-state index contributed by atoms with van der Waals surface area (Å²) in [7, 11) is 0. The Morgan fingerprint density at radius 1 is 1.07 bits per heavy atom. The van der Waals surface area contributed by atoms with E-state index in [-0.39, 0.29) is 5.91 Å². The van der Waals surface area contributed by atoms with Gasteiger partial charge in [-0.25, -0.2) is 0 Å². The summed E-state index contributed by atoms with van der Waals surface area (Å²) < 4.78 is 0. The largest absolute Gasteiger partial charge is 0.323 e. The highest BCUT2D eigenvalue weighted by atomic mass is 16.1. The molecule has 1 N–H and O–H groups in total. The van der Waals surface area contributed by atoms with Gasteiger partial charge in [-0.15, -0.1) is 0 Å². The minimum absolute atomic E-state index is 0.106. The van der Waals surface area contributed by atoms with E-state index in [0.717, 1.165) is 23.7 Å². The van der Waals surface area contributed by atoms with Crippen LogP contribution in [-0.2, 0) is 11.3 Å². The molecule has 148 valence electrons. The Balaban J connectivity index is 1.49. The SMILES string of the molecule is CC1CCN(Cc2ccc(NC(=O)/C=C/c3ccc(C(C)C)cc3)cc2)CC1. The zero-order valence-electron chi connectivity index (χ0n) is 17.3.